The van der Waals surface area contributed by atoms with E-state index in [-0.39, 0.29) is 23.7 Å². The van der Waals surface area contributed by atoms with Gasteiger partial charge in [0.15, 0.2) is 0 Å². The summed E-state index contributed by atoms with van der Waals surface area (Å²) in [6.07, 6.45) is 7.54. The zero-order valence-corrected chi connectivity index (χ0v) is 19.7. The van der Waals surface area contributed by atoms with E-state index in [0.29, 0.717) is 32.6 Å². The molecule has 5 heteroatoms. The van der Waals surface area contributed by atoms with Crippen LogP contribution in [0.25, 0.3) is 11.1 Å². The Hall–Kier alpha value is -3.08. The highest BCUT2D eigenvalue weighted by molar-refractivity contribution is 5.84. The van der Waals surface area contributed by atoms with Crippen LogP contribution in [0.1, 0.15) is 31.7 Å². The van der Waals surface area contributed by atoms with Crippen molar-refractivity contribution >= 4 is 11.8 Å². The van der Waals surface area contributed by atoms with Gasteiger partial charge in [-0.25, -0.2) is 0 Å². The number of methoxy groups -OCH3 is 1. The van der Waals surface area contributed by atoms with E-state index in [9.17, 15) is 9.59 Å². The third-order valence-electron chi connectivity index (χ3n) is 6.93. The van der Waals surface area contributed by atoms with Gasteiger partial charge in [0, 0.05) is 37.7 Å². The van der Waals surface area contributed by atoms with Crippen LogP contribution in [-0.4, -0.2) is 54.9 Å². The first kappa shape index (κ1) is 23.1. The molecular weight excluding hydrogens is 412 g/mol. The summed E-state index contributed by atoms with van der Waals surface area (Å²) < 4.78 is 5.60. The maximum absolute atomic E-state index is 13.4. The van der Waals surface area contributed by atoms with Gasteiger partial charge in [-0.1, -0.05) is 54.6 Å². The number of ether oxygens (including phenoxy) is 1. The second kappa shape index (κ2) is 10.7. The minimum atomic E-state index is -0.258. The molecule has 2 atom stereocenters. The first-order chi connectivity index (χ1) is 16.1. The molecule has 33 heavy (non-hydrogen) atoms. The van der Waals surface area contributed by atoms with Gasteiger partial charge in [-0.15, -0.1) is 0 Å². The van der Waals surface area contributed by atoms with Crippen molar-refractivity contribution in [1.82, 2.24) is 9.80 Å². The van der Waals surface area contributed by atoms with Crippen molar-refractivity contribution < 1.29 is 14.3 Å². The Labute approximate surface area is 197 Å². The Kier molecular flexibility index (Phi) is 7.48. The molecule has 0 saturated carbocycles. The van der Waals surface area contributed by atoms with E-state index in [0.717, 1.165) is 41.7 Å². The molecule has 0 aromatic heterocycles. The Balaban J connectivity index is 1.62. The van der Waals surface area contributed by atoms with Crippen LogP contribution < -0.4 is 4.74 Å². The first-order valence-corrected chi connectivity index (χ1v) is 12.1. The smallest absolute Gasteiger partial charge is 0.227 e. The SMILES string of the molecule is CCN1CCN(C(=O)[C@H]2CC=CCC2)C[C@H](Cc2ccccc2-c2ccccc2OC)C1=O. The maximum atomic E-state index is 13.4. The average Bonchev–Trinajstić information content (AvgIpc) is 3.03. The highest BCUT2D eigenvalue weighted by atomic mass is 16.5. The summed E-state index contributed by atoms with van der Waals surface area (Å²) in [5, 5.41) is 0. The van der Waals surface area contributed by atoms with E-state index in [4.69, 9.17) is 4.74 Å². The summed E-state index contributed by atoms with van der Waals surface area (Å²) in [6.45, 7) is 4.38. The fraction of sp³-hybridized carbons (Fsp3) is 0.429. The number of benzene rings is 2. The van der Waals surface area contributed by atoms with Crippen LogP contribution in [-0.2, 0) is 16.0 Å². The lowest BCUT2D eigenvalue weighted by molar-refractivity contribution is -0.136. The van der Waals surface area contributed by atoms with Gasteiger partial charge in [0.25, 0.3) is 0 Å². The third kappa shape index (κ3) is 5.13. The number of rotatable bonds is 6. The van der Waals surface area contributed by atoms with Crippen LogP contribution in [0.3, 0.4) is 0 Å². The topological polar surface area (TPSA) is 49.9 Å². The van der Waals surface area contributed by atoms with Gasteiger partial charge >= 0.3 is 0 Å². The number of likely N-dealkylation sites (N-methyl/N-ethyl adjacent to an activating group) is 1. The van der Waals surface area contributed by atoms with Gasteiger partial charge in [-0.05, 0) is 49.8 Å². The van der Waals surface area contributed by atoms with E-state index in [2.05, 4.69) is 30.4 Å². The minimum absolute atomic E-state index is 0.0415. The summed E-state index contributed by atoms with van der Waals surface area (Å²) in [6, 6.07) is 16.2. The van der Waals surface area contributed by atoms with E-state index in [1.165, 1.54) is 0 Å². The van der Waals surface area contributed by atoms with Crippen molar-refractivity contribution in [3.05, 3.63) is 66.2 Å². The fourth-order valence-electron chi connectivity index (χ4n) is 5.08. The number of para-hydroxylation sites is 1. The molecule has 1 fully saturated rings. The molecule has 2 aliphatic rings. The van der Waals surface area contributed by atoms with Crippen LogP contribution in [0, 0.1) is 11.8 Å². The van der Waals surface area contributed by atoms with Crippen molar-refractivity contribution in [2.75, 3.05) is 33.3 Å². The van der Waals surface area contributed by atoms with Gasteiger partial charge in [0.2, 0.25) is 11.8 Å². The number of carbonyl (C=O) groups excluding carboxylic acids is 2. The summed E-state index contributed by atoms with van der Waals surface area (Å²) in [4.78, 5) is 30.6. The van der Waals surface area contributed by atoms with Gasteiger partial charge in [-0.3, -0.25) is 9.59 Å². The molecule has 1 saturated heterocycles. The fourth-order valence-corrected chi connectivity index (χ4v) is 5.08. The molecular formula is C28H34N2O3. The molecule has 0 radical (unpaired) electrons. The van der Waals surface area contributed by atoms with Gasteiger partial charge < -0.3 is 14.5 Å². The number of nitrogens with zero attached hydrogens (tertiary/aromatic N) is 2. The molecule has 0 unspecified atom stereocenters. The van der Waals surface area contributed by atoms with Crippen LogP contribution >= 0.6 is 0 Å². The van der Waals surface area contributed by atoms with Crippen molar-refractivity contribution in [3.8, 4) is 16.9 Å². The third-order valence-corrected chi connectivity index (χ3v) is 6.93. The highest BCUT2D eigenvalue weighted by Crippen LogP contribution is 2.34. The number of amides is 2. The van der Waals surface area contributed by atoms with E-state index >= 15 is 0 Å². The predicted octanol–water partition coefficient (Wildman–Crippen LogP) is 4.57. The molecule has 174 valence electrons. The molecule has 1 heterocycles. The number of allylic oxidation sites excluding steroid dienone is 2. The van der Waals surface area contributed by atoms with Crippen molar-refractivity contribution in [2.24, 2.45) is 11.8 Å². The van der Waals surface area contributed by atoms with Gasteiger partial charge in [-0.2, -0.15) is 0 Å². The van der Waals surface area contributed by atoms with Crippen molar-refractivity contribution in [2.45, 2.75) is 32.6 Å². The number of hydrogen-bond acceptors (Lipinski definition) is 3. The molecule has 1 aliphatic heterocycles. The minimum Gasteiger partial charge on any atom is -0.496 e. The Morgan fingerprint density at radius 3 is 2.52 bits per heavy atom. The Morgan fingerprint density at radius 1 is 1.03 bits per heavy atom. The highest BCUT2D eigenvalue weighted by Gasteiger charge is 2.34. The number of hydrogen-bond donors (Lipinski definition) is 0. The first-order valence-electron chi connectivity index (χ1n) is 12.1. The number of carbonyl (C=O) groups is 2. The van der Waals surface area contributed by atoms with Crippen molar-refractivity contribution in [1.29, 1.82) is 0 Å². The molecule has 2 amide bonds. The molecule has 1 aliphatic carbocycles. The summed E-state index contributed by atoms with van der Waals surface area (Å²) in [5.41, 5.74) is 3.20. The van der Waals surface area contributed by atoms with Crippen molar-refractivity contribution in [3.63, 3.8) is 0 Å². The lowest BCUT2D eigenvalue weighted by Crippen LogP contribution is -2.41. The Morgan fingerprint density at radius 2 is 1.79 bits per heavy atom. The second-order valence-electron chi connectivity index (χ2n) is 8.94. The normalized spacial score (nSPS) is 21.1. The lowest BCUT2D eigenvalue weighted by atomic mass is 9.90. The summed E-state index contributed by atoms with van der Waals surface area (Å²) in [7, 11) is 1.68. The van der Waals surface area contributed by atoms with Crippen LogP contribution in [0.4, 0.5) is 0 Å². The second-order valence-corrected chi connectivity index (χ2v) is 8.94. The van der Waals surface area contributed by atoms with Crippen LogP contribution in [0.15, 0.2) is 60.7 Å². The molecule has 0 spiro atoms. The molecule has 4 rings (SSSR count). The molecule has 0 bridgehead atoms. The average molecular weight is 447 g/mol. The quantitative estimate of drug-likeness (QED) is 0.611. The van der Waals surface area contributed by atoms with E-state index in [1.54, 1.807) is 7.11 Å². The van der Waals surface area contributed by atoms with Gasteiger partial charge in [0.05, 0.1) is 13.0 Å². The zero-order chi connectivity index (χ0) is 23.2. The standard InChI is InChI=1S/C28H34N2O3/c1-3-29-17-18-30(27(31)21-11-5-4-6-12-21)20-23(28(29)32)19-22-13-7-8-14-24(22)25-15-9-10-16-26(25)33-2/h4-5,7-10,13-16,21,23H,3,6,11-12,17-20H2,1-2H3/t21-,23-/m0/s1. The summed E-state index contributed by atoms with van der Waals surface area (Å²) in [5.74, 6) is 0.944. The monoisotopic (exact) mass is 446 g/mol. The van der Waals surface area contributed by atoms with E-state index < -0.39 is 0 Å². The molecule has 2 aromatic carbocycles. The maximum Gasteiger partial charge on any atom is 0.227 e. The lowest BCUT2D eigenvalue weighted by Gasteiger charge is -2.28. The largest absolute Gasteiger partial charge is 0.496 e. The Bertz CT molecular complexity index is 1020. The van der Waals surface area contributed by atoms with Gasteiger partial charge in [0.1, 0.15) is 5.75 Å². The molecule has 0 N–H and O–H groups in total. The predicted molar refractivity (Wildman–Crippen MR) is 131 cm³/mol. The summed E-state index contributed by atoms with van der Waals surface area (Å²) >= 11 is 0. The molecule has 2 aromatic rings. The molecule has 5 nitrogen and oxygen atoms in total. The van der Waals surface area contributed by atoms with E-state index in [1.807, 2.05) is 47.1 Å². The van der Waals surface area contributed by atoms with Crippen LogP contribution in [0.5, 0.6) is 5.75 Å². The zero-order valence-electron chi connectivity index (χ0n) is 19.7. The van der Waals surface area contributed by atoms with Crippen LogP contribution in [0.2, 0.25) is 0 Å².